The molecule has 0 radical (unpaired) electrons. The number of nitrogens with zero attached hydrogens (tertiary/aromatic N) is 3. The summed E-state index contributed by atoms with van der Waals surface area (Å²) in [6.07, 6.45) is 1.49. The summed E-state index contributed by atoms with van der Waals surface area (Å²) in [5, 5.41) is 7.30. The summed E-state index contributed by atoms with van der Waals surface area (Å²) in [7, 11) is 0. The van der Waals surface area contributed by atoms with Gasteiger partial charge in [-0.1, -0.05) is 22.9 Å². The highest BCUT2D eigenvalue weighted by molar-refractivity contribution is 9.10. The normalized spacial score (nSPS) is 10.8. The lowest BCUT2D eigenvalue weighted by Crippen LogP contribution is -2.17. The Hall–Kier alpha value is -1.27. The third kappa shape index (κ3) is 3.14. The van der Waals surface area contributed by atoms with Gasteiger partial charge in [-0.15, -0.1) is 0 Å². The summed E-state index contributed by atoms with van der Waals surface area (Å²) in [4.78, 5) is 4.16. The van der Waals surface area contributed by atoms with E-state index in [0.29, 0.717) is 18.7 Å². The highest BCUT2D eigenvalue weighted by Gasteiger charge is 2.08. The van der Waals surface area contributed by atoms with Gasteiger partial charge in [0.2, 0.25) is 0 Å². The molecule has 0 aliphatic rings. The molecule has 4 nitrogen and oxygen atoms in total. The van der Waals surface area contributed by atoms with Crippen LogP contribution in [0.1, 0.15) is 18.3 Å². The predicted molar refractivity (Wildman–Crippen MR) is 70.6 cm³/mol. The molecule has 0 spiro atoms. The molecule has 0 saturated carbocycles. The third-order valence-electron chi connectivity index (χ3n) is 2.56. The van der Waals surface area contributed by atoms with Gasteiger partial charge in [0.15, 0.2) is 0 Å². The van der Waals surface area contributed by atoms with E-state index in [9.17, 15) is 4.39 Å². The van der Waals surface area contributed by atoms with Gasteiger partial charge in [0, 0.05) is 10.0 Å². The van der Waals surface area contributed by atoms with Crippen molar-refractivity contribution in [3.63, 3.8) is 0 Å². The first kappa shape index (κ1) is 13.2. The molecule has 0 atom stereocenters. The Morgan fingerprint density at radius 3 is 3.06 bits per heavy atom. The first-order chi connectivity index (χ1) is 8.70. The molecular weight excluding hydrogens is 299 g/mol. The zero-order valence-corrected chi connectivity index (χ0v) is 11.6. The van der Waals surface area contributed by atoms with Crippen LogP contribution in [0.5, 0.6) is 0 Å². The van der Waals surface area contributed by atoms with E-state index in [1.54, 1.807) is 16.8 Å². The van der Waals surface area contributed by atoms with Crippen LogP contribution in [-0.4, -0.2) is 21.3 Å². The summed E-state index contributed by atoms with van der Waals surface area (Å²) in [6.45, 7) is 3.89. The number of hydrogen-bond donors (Lipinski definition) is 1. The topological polar surface area (TPSA) is 42.7 Å². The van der Waals surface area contributed by atoms with Crippen LogP contribution >= 0.6 is 15.9 Å². The zero-order valence-electron chi connectivity index (χ0n) is 10.0. The number of benzene rings is 1. The number of hydrogen-bond acceptors (Lipinski definition) is 3. The summed E-state index contributed by atoms with van der Waals surface area (Å²) in [5.41, 5.74) is 0.590. The molecule has 0 fully saturated rings. The molecule has 1 heterocycles. The van der Waals surface area contributed by atoms with Gasteiger partial charge < -0.3 is 5.32 Å². The van der Waals surface area contributed by atoms with Crippen LogP contribution in [0.2, 0.25) is 0 Å². The van der Waals surface area contributed by atoms with Crippen LogP contribution in [0, 0.1) is 5.82 Å². The number of rotatable bonds is 5. The van der Waals surface area contributed by atoms with Crippen molar-refractivity contribution in [2.45, 2.75) is 20.0 Å². The molecule has 96 valence electrons. The van der Waals surface area contributed by atoms with Gasteiger partial charge in [-0.3, -0.25) is 0 Å². The third-order valence-corrected chi connectivity index (χ3v) is 3.05. The Morgan fingerprint density at radius 1 is 1.44 bits per heavy atom. The Morgan fingerprint density at radius 2 is 2.28 bits per heavy atom. The van der Waals surface area contributed by atoms with Crippen molar-refractivity contribution in [3.05, 3.63) is 46.2 Å². The quantitative estimate of drug-likeness (QED) is 0.921. The Bertz CT molecular complexity index is 527. The molecular formula is C12H14BrFN4. The average Bonchev–Trinajstić information content (AvgIpc) is 2.79. The van der Waals surface area contributed by atoms with Gasteiger partial charge in [-0.25, -0.2) is 14.1 Å². The van der Waals surface area contributed by atoms with Gasteiger partial charge >= 0.3 is 0 Å². The molecule has 0 aliphatic heterocycles. The van der Waals surface area contributed by atoms with Gasteiger partial charge in [0.1, 0.15) is 18.0 Å². The van der Waals surface area contributed by atoms with Gasteiger partial charge in [0.05, 0.1) is 13.1 Å². The van der Waals surface area contributed by atoms with Crippen molar-refractivity contribution in [1.29, 1.82) is 0 Å². The van der Waals surface area contributed by atoms with E-state index in [2.05, 4.69) is 31.3 Å². The highest BCUT2D eigenvalue weighted by atomic mass is 79.9. The Kier molecular flexibility index (Phi) is 4.43. The summed E-state index contributed by atoms with van der Waals surface area (Å²) in [5.74, 6) is 0.569. The van der Waals surface area contributed by atoms with Gasteiger partial charge in [-0.2, -0.15) is 5.10 Å². The number of halogens is 2. The van der Waals surface area contributed by atoms with Crippen molar-refractivity contribution in [1.82, 2.24) is 20.1 Å². The number of aromatic nitrogens is 3. The maximum Gasteiger partial charge on any atom is 0.141 e. The molecule has 0 bridgehead atoms. The monoisotopic (exact) mass is 312 g/mol. The highest BCUT2D eigenvalue weighted by Crippen LogP contribution is 2.16. The summed E-state index contributed by atoms with van der Waals surface area (Å²) in [6, 6.07) is 4.88. The van der Waals surface area contributed by atoms with Crippen LogP contribution in [0.4, 0.5) is 4.39 Å². The lowest BCUT2D eigenvalue weighted by atomic mass is 10.2. The van der Waals surface area contributed by atoms with E-state index in [0.717, 1.165) is 16.8 Å². The standard InChI is InChI=1S/C12H14BrFN4/c1-2-15-6-12-16-8-17-18(12)7-9-5-10(13)3-4-11(9)14/h3-5,8,15H,2,6-7H2,1H3. The maximum absolute atomic E-state index is 13.6. The first-order valence-corrected chi connectivity index (χ1v) is 6.51. The second-order valence-corrected chi connectivity index (χ2v) is 4.77. The molecule has 0 amide bonds. The molecule has 0 saturated heterocycles. The summed E-state index contributed by atoms with van der Waals surface area (Å²) < 4.78 is 16.2. The SMILES string of the molecule is CCNCc1ncnn1Cc1cc(Br)ccc1F. The largest absolute Gasteiger partial charge is 0.310 e. The second kappa shape index (κ2) is 6.06. The van der Waals surface area contributed by atoms with Crippen molar-refractivity contribution >= 4 is 15.9 Å². The van der Waals surface area contributed by atoms with Crippen LogP contribution < -0.4 is 5.32 Å². The second-order valence-electron chi connectivity index (χ2n) is 3.85. The van der Waals surface area contributed by atoms with Gasteiger partial charge in [-0.05, 0) is 24.7 Å². The fourth-order valence-corrected chi connectivity index (χ4v) is 2.03. The molecule has 0 unspecified atom stereocenters. The minimum atomic E-state index is -0.233. The fourth-order valence-electron chi connectivity index (χ4n) is 1.62. The Labute approximate surface area is 113 Å². The lowest BCUT2D eigenvalue weighted by Gasteiger charge is -2.08. The molecule has 1 N–H and O–H groups in total. The fraction of sp³-hybridized carbons (Fsp3) is 0.333. The lowest BCUT2D eigenvalue weighted by molar-refractivity contribution is 0.559. The number of nitrogens with one attached hydrogen (secondary N) is 1. The van der Waals surface area contributed by atoms with E-state index in [-0.39, 0.29) is 5.82 Å². The van der Waals surface area contributed by atoms with Crippen LogP contribution in [0.25, 0.3) is 0 Å². The maximum atomic E-state index is 13.6. The van der Waals surface area contributed by atoms with E-state index in [1.807, 2.05) is 6.92 Å². The zero-order chi connectivity index (χ0) is 13.0. The van der Waals surface area contributed by atoms with E-state index in [1.165, 1.54) is 12.4 Å². The van der Waals surface area contributed by atoms with E-state index >= 15 is 0 Å². The minimum absolute atomic E-state index is 0.233. The van der Waals surface area contributed by atoms with Crippen molar-refractivity contribution in [2.24, 2.45) is 0 Å². The van der Waals surface area contributed by atoms with E-state index < -0.39 is 0 Å². The molecule has 6 heteroatoms. The molecule has 2 aromatic rings. The van der Waals surface area contributed by atoms with Crippen molar-refractivity contribution in [2.75, 3.05) is 6.54 Å². The minimum Gasteiger partial charge on any atom is -0.310 e. The van der Waals surface area contributed by atoms with Crippen molar-refractivity contribution < 1.29 is 4.39 Å². The van der Waals surface area contributed by atoms with Gasteiger partial charge in [0.25, 0.3) is 0 Å². The average molecular weight is 313 g/mol. The molecule has 0 aliphatic carbocycles. The molecule has 1 aromatic heterocycles. The van der Waals surface area contributed by atoms with E-state index in [4.69, 9.17) is 0 Å². The molecule has 2 rings (SSSR count). The molecule has 1 aromatic carbocycles. The Balaban J connectivity index is 2.18. The summed E-state index contributed by atoms with van der Waals surface area (Å²) >= 11 is 3.34. The first-order valence-electron chi connectivity index (χ1n) is 5.72. The van der Waals surface area contributed by atoms with Crippen LogP contribution in [0.3, 0.4) is 0 Å². The van der Waals surface area contributed by atoms with Crippen LogP contribution in [0.15, 0.2) is 29.0 Å². The predicted octanol–water partition coefficient (Wildman–Crippen LogP) is 2.34. The smallest absolute Gasteiger partial charge is 0.141 e. The molecule has 18 heavy (non-hydrogen) atoms. The van der Waals surface area contributed by atoms with Crippen LogP contribution in [-0.2, 0) is 13.1 Å². The van der Waals surface area contributed by atoms with Crippen molar-refractivity contribution in [3.8, 4) is 0 Å².